The molecule has 4 rings (SSSR count). The second kappa shape index (κ2) is 8.91. The van der Waals surface area contributed by atoms with Crippen LogP contribution < -0.4 is 10.2 Å². The Labute approximate surface area is 177 Å². The highest BCUT2D eigenvalue weighted by atomic mass is 127. The molecule has 2 aliphatic rings. The van der Waals surface area contributed by atoms with Crippen LogP contribution in [0.5, 0.6) is 0 Å². The van der Waals surface area contributed by atoms with Gasteiger partial charge in [-0.05, 0) is 41.8 Å². The molecule has 0 spiro atoms. The van der Waals surface area contributed by atoms with Crippen molar-refractivity contribution in [1.29, 1.82) is 0 Å². The number of piperazine rings is 1. The lowest BCUT2D eigenvalue weighted by Gasteiger charge is -2.38. The number of guanidine groups is 1. The molecule has 144 valence electrons. The summed E-state index contributed by atoms with van der Waals surface area (Å²) in [4.78, 5) is 9.08. The number of hydrogen-bond donors (Lipinski definition) is 1. The van der Waals surface area contributed by atoms with Crippen molar-refractivity contribution in [3.63, 3.8) is 0 Å². The maximum absolute atomic E-state index is 13.1. The summed E-state index contributed by atoms with van der Waals surface area (Å²) in [6, 6.07) is 15.4. The van der Waals surface area contributed by atoms with Crippen molar-refractivity contribution < 1.29 is 4.39 Å². The molecule has 1 aliphatic heterocycles. The van der Waals surface area contributed by atoms with Gasteiger partial charge in [-0.1, -0.05) is 24.3 Å². The first-order valence-electron chi connectivity index (χ1n) is 9.28. The quantitative estimate of drug-likeness (QED) is 0.415. The van der Waals surface area contributed by atoms with Crippen LogP contribution in [0.2, 0.25) is 0 Å². The Kier molecular flexibility index (Phi) is 6.57. The van der Waals surface area contributed by atoms with E-state index in [9.17, 15) is 4.39 Å². The van der Waals surface area contributed by atoms with E-state index < -0.39 is 0 Å². The highest BCUT2D eigenvalue weighted by molar-refractivity contribution is 14.0. The average molecular weight is 480 g/mol. The first kappa shape index (κ1) is 19.9. The van der Waals surface area contributed by atoms with E-state index in [-0.39, 0.29) is 29.8 Å². The summed E-state index contributed by atoms with van der Waals surface area (Å²) >= 11 is 0. The summed E-state index contributed by atoms with van der Waals surface area (Å²) in [7, 11) is 1.85. The first-order valence-corrected chi connectivity index (χ1v) is 9.28. The summed E-state index contributed by atoms with van der Waals surface area (Å²) < 4.78 is 13.1. The lowest BCUT2D eigenvalue weighted by molar-refractivity contribution is 0.370. The zero-order chi connectivity index (χ0) is 17.9. The predicted molar refractivity (Wildman–Crippen MR) is 120 cm³/mol. The van der Waals surface area contributed by atoms with Gasteiger partial charge in [0.05, 0.1) is 0 Å². The van der Waals surface area contributed by atoms with Gasteiger partial charge in [-0.25, -0.2) is 4.39 Å². The molecule has 0 aromatic heterocycles. The van der Waals surface area contributed by atoms with Crippen molar-refractivity contribution in [2.45, 2.75) is 12.3 Å². The number of benzene rings is 2. The number of rotatable bonds is 3. The minimum Gasteiger partial charge on any atom is -0.368 e. The number of halogens is 2. The lowest BCUT2D eigenvalue weighted by atomic mass is 9.78. The van der Waals surface area contributed by atoms with Gasteiger partial charge >= 0.3 is 0 Å². The fraction of sp³-hybridized carbons (Fsp3) is 0.381. The van der Waals surface area contributed by atoms with E-state index in [0.717, 1.165) is 50.8 Å². The van der Waals surface area contributed by atoms with Gasteiger partial charge in [0.15, 0.2) is 5.96 Å². The van der Waals surface area contributed by atoms with Crippen LogP contribution in [0.25, 0.3) is 0 Å². The Balaban J connectivity index is 0.00000210. The predicted octanol–water partition coefficient (Wildman–Crippen LogP) is 3.48. The molecule has 0 amide bonds. The van der Waals surface area contributed by atoms with Crippen LogP contribution in [0, 0.1) is 5.82 Å². The van der Waals surface area contributed by atoms with Crippen molar-refractivity contribution in [2.24, 2.45) is 4.99 Å². The monoisotopic (exact) mass is 480 g/mol. The Morgan fingerprint density at radius 2 is 1.78 bits per heavy atom. The van der Waals surface area contributed by atoms with Crippen LogP contribution in [-0.4, -0.2) is 50.6 Å². The van der Waals surface area contributed by atoms with Gasteiger partial charge in [0, 0.05) is 51.4 Å². The molecule has 27 heavy (non-hydrogen) atoms. The summed E-state index contributed by atoms with van der Waals surface area (Å²) in [6.45, 7) is 4.59. The normalized spacial score (nSPS) is 19.0. The van der Waals surface area contributed by atoms with E-state index in [1.54, 1.807) is 0 Å². The van der Waals surface area contributed by atoms with Crippen molar-refractivity contribution in [1.82, 2.24) is 10.2 Å². The Hall–Kier alpha value is -1.83. The van der Waals surface area contributed by atoms with Gasteiger partial charge < -0.3 is 15.1 Å². The van der Waals surface area contributed by atoms with Crippen LogP contribution in [0.15, 0.2) is 53.5 Å². The molecule has 6 heteroatoms. The molecular formula is C21H26FIN4. The number of aliphatic imine (C=N–C) groups is 1. The Bertz CT molecular complexity index is 785. The Morgan fingerprint density at radius 3 is 2.44 bits per heavy atom. The van der Waals surface area contributed by atoms with Crippen LogP contribution in [0.1, 0.15) is 17.0 Å². The smallest absolute Gasteiger partial charge is 0.193 e. The number of nitrogens with zero attached hydrogens (tertiary/aromatic N) is 3. The van der Waals surface area contributed by atoms with Crippen LogP contribution in [0.4, 0.5) is 10.1 Å². The van der Waals surface area contributed by atoms with E-state index in [0.29, 0.717) is 5.92 Å². The molecule has 2 aromatic rings. The molecule has 1 aliphatic carbocycles. The molecule has 0 saturated carbocycles. The number of fused-ring (bicyclic) bond motifs is 1. The topological polar surface area (TPSA) is 30.9 Å². The summed E-state index contributed by atoms with van der Waals surface area (Å²) in [5.74, 6) is 1.38. The molecule has 4 nitrogen and oxygen atoms in total. The second-order valence-electron chi connectivity index (χ2n) is 6.98. The fourth-order valence-corrected chi connectivity index (χ4v) is 3.92. The summed E-state index contributed by atoms with van der Waals surface area (Å²) in [6.07, 6.45) is 1.15. The third-order valence-corrected chi connectivity index (χ3v) is 5.45. The summed E-state index contributed by atoms with van der Waals surface area (Å²) in [5.41, 5.74) is 4.03. The van der Waals surface area contributed by atoms with E-state index >= 15 is 0 Å². The standard InChI is InChI=1S/C21H25FN4.HI/c1-23-21(24-15-17-14-16-4-2-3-5-20(16)17)26-12-10-25(11-13-26)19-8-6-18(22)7-9-19;/h2-9,17H,10-15H2,1H3,(H,23,24);1H. The molecule has 1 fully saturated rings. The lowest BCUT2D eigenvalue weighted by Crippen LogP contribution is -2.53. The first-order chi connectivity index (χ1) is 12.7. The SMILES string of the molecule is CN=C(NCC1Cc2ccccc21)N1CCN(c2ccc(F)cc2)CC1.I. The minimum absolute atomic E-state index is 0. The minimum atomic E-state index is -0.186. The van der Waals surface area contributed by atoms with Gasteiger partial charge in [-0.15, -0.1) is 24.0 Å². The maximum atomic E-state index is 13.1. The van der Waals surface area contributed by atoms with Gasteiger partial charge in [0.2, 0.25) is 0 Å². The zero-order valence-corrected chi connectivity index (χ0v) is 17.9. The van der Waals surface area contributed by atoms with Crippen molar-refractivity contribution in [2.75, 3.05) is 44.7 Å². The van der Waals surface area contributed by atoms with Crippen LogP contribution >= 0.6 is 24.0 Å². The molecule has 2 aromatic carbocycles. The highest BCUT2D eigenvalue weighted by Crippen LogP contribution is 2.34. The summed E-state index contributed by atoms with van der Waals surface area (Å²) in [5, 5.41) is 3.55. The molecular weight excluding hydrogens is 454 g/mol. The van der Waals surface area contributed by atoms with E-state index in [1.165, 1.54) is 23.3 Å². The van der Waals surface area contributed by atoms with E-state index in [2.05, 4.69) is 44.4 Å². The van der Waals surface area contributed by atoms with E-state index in [4.69, 9.17) is 0 Å². The molecule has 0 bridgehead atoms. The molecule has 1 N–H and O–H groups in total. The number of hydrogen-bond acceptors (Lipinski definition) is 2. The Morgan fingerprint density at radius 1 is 1.07 bits per heavy atom. The molecule has 1 atom stereocenters. The van der Waals surface area contributed by atoms with Crippen LogP contribution in [-0.2, 0) is 6.42 Å². The maximum Gasteiger partial charge on any atom is 0.193 e. The zero-order valence-electron chi connectivity index (χ0n) is 15.6. The van der Waals surface area contributed by atoms with Gasteiger partial charge in [0.1, 0.15) is 5.82 Å². The van der Waals surface area contributed by atoms with Crippen LogP contribution in [0.3, 0.4) is 0 Å². The average Bonchev–Trinajstić information content (AvgIpc) is 2.66. The third-order valence-electron chi connectivity index (χ3n) is 5.45. The van der Waals surface area contributed by atoms with Crippen molar-refractivity contribution in [3.05, 3.63) is 65.5 Å². The van der Waals surface area contributed by atoms with E-state index in [1.807, 2.05) is 19.2 Å². The molecule has 1 saturated heterocycles. The molecule has 1 unspecified atom stereocenters. The van der Waals surface area contributed by atoms with Crippen molar-refractivity contribution in [3.8, 4) is 0 Å². The highest BCUT2D eigenvalue weighted by Gasteiger charge is 2.26. The molecule has 1 heterocycles. The van der Waals surface area contributed by atoms with Crippen molar-refractivity contribution >= 4 is 35.6 Å². The largest absolute Gasteiger partial charge is 0.368 e. The number of anilines is 1. The van der Waals surface area contributed by atoms with Gasteiger partial charge in [-0.2, -0.15) is 0 Å². The van der Waals surface area contributed by atoms with Gasteiger partial charge in [0.25, 0.3) is 0 Å². The third kappa shape index (κ3) is 4.36. The second-order valence-corrected chi connectivity index (χ2v) is 6.98. The molecule has 0 radical (unpaired) electrons. The van der Waals surface area contributed by atoms with Gasteiger partial charge in [-0.3, -0.25) is 4.99 Å². The number of nitrogens with one attached hydrogen (secondary N) is 1. The fourth-order valence-electron chi connectivity index (χ4n) is 3.92.